The molecule has 14 atom stereocenters. The molecule has 1 spiro atoms. The zero-order valence-corrected chi connectivity index (χ0v) is 54.6. The number of primary amides is 1. The number of Topliss-reactive ketones (excluding diaryl/α,β-unsaturated/α-hetero) is 3. The van der Waals surface area contributed by atoms with Crippen LogP contribution in [0, 0.1) is 17.3 Å². The molecular weight excluding hydrogens is 1220 g/mol. The molecule has 24 nitrogen and oxygen atoms in total. The van der Waals surface area contributed by atoms with Gasteiger partial charge in [0.05, 0.1) is 49.8 Å². The van der Waals surface area contributed by atoms with Crippen molar-refractivity contribution in [2.45, 2.75) is 124 Å². The van der Waals surface area contributed by atoms with Gasteiger partial charge in [-0.05, 0) is 98.2 Å². The molecule has 8 N–H and O–H groups in total. The van der Waals surface area contributed by atoms with Gasteiger partial charge in [0.1, 0.15) is 43.1 Å². The molecule has 5 fully saturated rings. The Bertz CT molecular complexity index is 3620. The molecule has 13 rings (SSSR count). The van der Waals surface area contributed by atoms with Crippen molar-refractivity contribution in [2.24, 2.45) is 28.7 Å². The minimum atomic E-state index is -2.48. The van der Waals surface area contributed by atoms with Gasteiger partial charge in [-0.15, -0.1) is 0 Å². The fourth-order valence-electron chi connectivity index (χ4n) is 19.1. The Kier molecular flexibility index (Phi) is 16.3. The van der Waals surface area contributed by atoms with Crippen molar-refractivity contribution in [3.63, 3.8) is 0 Å². The number of fused-ring (bicyclic) bond motifs is 9. The summed E-state index contributed by atoms with van der Waals surface area (Å²) in [6, 6.07) is 9.52. The van der Waals surface area contributed by atoms with Crippen LogP contribution in [0.1, 0.15) is 81.5 Å². The van der Waals surface area contributed by atoms with E-state index in [-0.39, 0.29) is 54.8 Å². The number of piperazine rings is 1. The average molecular weight is 1310 g/mol. The van der Waals surface area contributed by atoms with Gasteiger partial charge in [-0.2, -0.15) is 0 Å². The molecule has 0 aromatic heterocycles. The summed E-state index contributed by atoms with van der Waals surface area (Å²) in [5.74, 6) is -2.16. The summed E-state index contributed by atoms with van der Waals surface area (Å²) in [7, 11) is 8.96. The smallest absolute Gasteiger partial charge is 0.412 e. The molecule has 1 saturated carbocycles. The largest absolute Gasteiger partial charge is 0.496 e. The van der Waals surface area contributed by atoms with Gasteiger partial charge in [0, 0.05) is 110 Å². The van der Waals surface area contributed by atoms with E-state index in [0.717, 1.165) is 27.8 Å². The number of carbonyl (C=O) groups is 7. The number of nitrogens with zero attached hydrogens (tertiary/aromatic N) is 5. The summed E-state index contributed by atoms with van der Waals surface area (Å²) in [6.45, 7) is 7.56. The second kappa shape index (κ2) is 23.4. The third kappa shape index (κ3) is 9.09. The monoisotopic (exact) mass is 1310 g/mol. The summed E-state index contributed by atoms with van der Waals surface area (Å²) < 4.78 is 34.8. The van der Waals surface area contributed by atoms with Crippen LogP contribution in [0.2, 0.25) is 0 Å². The second-order valence-corrected chi connectivity index (χ2v) is 29.4. The lowest BCUT2D eigenvalue weighted by Crippen LogP contribution is -2.81. The highest BCUT2D eigenvalue weighted by molar-refractivity contribution is 8.76. The Hall–Kier alpha value is -6.65. The Morgan fingerprint density at radius 1 is 0.902 bits per heavy atom. The highest BCUT2D eigenvalue weighted by Gasteiger charge is 2.81. The van der Waals surface area contributed by atoms with Crippen molar-refractivity contribution >= 4 is 74.4 Å². The number of hydrogen-bond donors (Lipinski definition) is 6. The molecule has 494 valence electrons. The van der Waals surface area contributed by atoms with Gasteiger partial charge in [-0.3, -0.25) is 33.9 Å². The normalized spacial score (nSPS) is 35.2. The number of methoxy groups -OCH3 is 3. The molecule has 0 radical (unpaired) electrons. The summed E-state index contributed by atoms with van der Waals surface area (Å²) in [5, 5.41) is 41.4. The Labute approximate surface area is 541 Å². The molecule has 11 aliphatic rings. The topological polar surface area (TPSA) is 316 Å². The van der Waals surface area contributed by atoms with E-state index in [2.05, 4.69) is 33.3 Å². The number of ether oxygens (including phenoxy) is 6. The number of amides is 3. The number of nitrogens with two attached hydrogens (primary N) is 2. The highest BCUT2D eigenvalue weighted by Crippen LogP contribution is 2.68. The van der Waals surface area contributed by atoms with Crippen LogP contribution in [0.25, 0.3) is 5.57 Å². The number of allylic oxidation sites excluding steroid dienone is 2. The molecule has 2 aromatic rings. The number of anilines is 1. The second-order valence-electron chi connectivity index (χ2n) is 26.7. The van der Waals surface area contributed by atoms with Crippen molar-refractivity contribution in [2.75, 3.05) is 110 Å². The van der Waals surface area contributed by atoms with Crippen molar-refractivity contribution in [1.29, 1.82) is 0 Å². The molecule has 26 heteroatoms. The van der Waals surface area contributed by atoms with E-state index in [9.17, 15) is 39.3 Å². The maximum absolute atomic E-state index is 15.6. The zero-order valence-electron chi connectivity index (χ0n) is 53.0. The number of esters is 1. The van der Waals surface area contributed by atoms with E-state index in [1.165, 1.54) is 47.6 Å². The summed E-state index contributed by atoms with van der Waals surface area (Å²) >= 11 is 0. The number of nitrogens with one attached hydrogen (secondary N) is 1. The minimum absolute atomic E-state index is 0.01000. The van der Waals surface area contributed by atoms with Crippen molar-refractivity contribution in [3.05, 3.63) is 98.9 Å². The first-order valence-corrected chi connectivity index (χ1v) is 34.3. The quantitative estimate of drug-likeness (QED) is 0.0237. The van der Waals surface area contributed by atoms with E-state index in [4.69, 9.17) is 39.9 Å². The number of hydrogen-bond acceptors (Lipinski definition) is 23. The van der Waals surface area contributed by atoms with E-state index in [0.29, 0.717) is 106 Å². The third-order valence-electron chi connectivity index (χ3n) is 22.8. The first-order chi connectivity index (χ1) is 44.0. The van der Waals surface area contributed by atoms with Crippen LogP contribution < -0.4 is 26.4 Å². The van der Waals surface area contributed by atoms with E-state index in [1.807, 2.05) is 56.1 Å². The van der Waals surface area contributed by atoms with Crippen LogP contribution in [0.3, 0.4) is 0 Å². The first-order valence-electron chi connectivity index (χ1n) is 31.8. The Morgan fingerprint density at radius 3 is 2.36 bits per heavy atom. The minimum Gasteiger partial charge on any atom is -0.496 e. The maximum Gasteiger partial charge on any atom is 0.412 e. The van der Waals surface area contributed by atoms with E-state index < -0.39 is 118 Å². The predicted molar refractivity (Wildman–Crippen MR) is 339 cm³/mol. The number of alkyl carbamates (subject to hydrolysis) is 1. The van der Waals surface area contributed by atoms with Gasteiger partial charge in [-0.1, -0.05) is 71.9 Å². The predicted octanol–water partition coefficient (Wildman–Crippen LogP) is 3.46. The molecule has 8 aliphatic heterocycles. The van der Waals surface area contributed by atoms with Crippen LogP contribution in [0.5, 0.6) is 5.75 Å². The van der Waals surface area contributed by atoms with E-state index >= 15 is 9.59 Å². The number of piperidine rings is 1. The van der Waals surface area contributed by atoms with Gasteiger partial charge in [0.2, 0.25) is 11.6 Å². The molecule has 8 heterocycles. The fraction of sp³-hybridized carbons (Fsp3) is 0.591. The molecule has 2 unspecified atom stereocenters. The zero-order chi connectivity index (χ0) is 65.4. The van der Waals surface area contributed by atoms with Gasteiger partial charge >= 0.3 is 24.2 Å². The van der Waals surface area contributed by atoms with Crippen LogP contribution >= 0.6 is 21.6 Å². The maximum atomic E-state index is 15.6. The van der Waals surface area contributed by atoms with Crippen molar-refractivity contribution in [3.8, 4) is 5.75 Å². The van der Waals surface area contributed by atoms with Crippen LogP contribution in [0.15, 0.2) is 76.7 Å². The third-order valence-corrected chi connectivity index (χ3v) is 25.1. The van der Waals surface area contributed by atoms with Crippen molar-refractivity contribution in [1.82, 2.24) is 24.9 Å². The van der Waals surface area contributed by atoms with Gasteiger partial charge < -0.3 is 70.3 Å². The SMILES string of the molecule is CC[C@]1(O)C[C@H]2CN(CCC3=C(Cc4ccccc43)[C@@](C(=O)OC)(c3cc4c(cc3OC)N(C)[C@H]3[C@@](O)(C(=O)CNC(=O)OCCSSCCOC(=O)N5[C@H]6CN7C8=C(C(=O)C(N)=C(C)C8=O)[C@@H](COC(N)=O)C7[C@]65OC)[C@H](O)[C@]5(CC)C=CCN6CC[C@]43[C@@H]65)C2)C1. The molecule has 3 aliphatic carbocycles. The summed E-state index contributed by atoms with van der Waals surface area (Å²) in [4.78, 5) is 107. The highest BCUT2D eigenvalue weighted by atomic mass is 33.1. The van der Waals surface area contributed by atoms with Crippen LogP contribution in [-0.2, 0) is 60.1 Å². The Balaban J connectivity index is 0.698. The van der Waals surface area contributed by atoms with Crippen LogP contribution in [0.4, 0.5) is 20.1 Å². The lowest BCUT2D eigenvalue weighted by Gasteiger charge is -2.63. The van der Waals surface area contributed by atoms with Gasteiger partial charge in [-0.25, -0.2) is 14.4 Å². The Morgan fingerprint density at radius 2 is 1.65 bits per heavy atom. The average Bonchev–Trinajstić information content (AvgIpc) is 1.47. The molecule has 2 aromatic carbocycles. The molecule has 4 saturated heterocycles. The number of carbonyl (C=O) groups excluding carboxylic acids is 7. The number of rotatable bonds is 18. The number of ketones is 3. The number of benzene rings is 2. The molecule has 2 bridgehead atoms. The lowest BCUT2D eigenvalue weighted by molar-refractivity contribution is -0.201. The first kappa shape index (κ1) is 64.1. The van der Waals surface area contributed by atoms with Gasteiger partial charge in [0.15, 0.2) is 17.1 Å². The van der Waals surface area contributed by atoms with E-state index in [1.54, 1.807) is 12.0 Å². The standard InChI is InChI=1S/C66H82N8O16S2/c1-8-61(83)28-36-29-64(57(79)86-6,41-25-37-13-10-11-14-38(37)39(41)15-19-71(31-36)34-61)43-26-42-44(27-45(43)85-5)70(4)55-63(42)17-20-72-18-12-16-62(9-2,54(63)72)56(78)65(55,84)47(75)30-69-59(81)88-21-23-91-92-24-22-89-60(82)74-46-32-73-50-48(52(77)49(67)35(3)51(50)76)40(33-90-58(68)80)53(73)66(46,74)87-7/h10-14,16,26-27,36,40,46,53-56,78,83-84H,8-9,15,17-25,28-34,67H2,1-7H3,(H2,68,80)(H,69,81)/t36-,40-,46+,53?,54+,55-,56-,61+,62-,63-,64-,65+,66-,74?/m1/s1. The lowest BCUT2D eigenvalue weighted by atomic mass is 9.47. The number of aliphatic hydroxyl groups excluding tert-OH is 1. The van der Waals surface area contributed by atoms with Crippen molar-refractivity contribution < 1.29 is 77.3 Å². The summed E-state index contributed by atoms with van der Waals surface area (Å²) in [6.07, 6.45) is 3.03. The molecule has 3 amide bonds. The number of aliphatic hydroxyl groups is 3. The van der Waals surface area contributed by atoms with Gasteiger partial charge in [0.25, 0.3) is 0 Å². The summed E-state index contributed by atoms with van der Waals surface area (Å²) in [5.41, 5.74) is 9.48. The number of likely N-dealkylation sites (N-methyl/N-ethyl adjacent to an activating group) is 1. The molecule has 92 heavy (non-hydrogen) atoms. The molecular formula is C66H82N8O16S2. The van der Waals surface area contributed by atoms with Crippen LogP contribution in [-0.4, -0.2) is 229 Å². The fourth-order valence-corrected chi connectivity index (χ4v) is 20.7.